The maximum atomic E-state index is 12.0. The largest absolute Gasteiger partial charge is 0.459 e. The third kappa shape index (κ3) is 4.12. The number of rotatable bonds is 4. The van der Waals surface area contributed by atoms with E-state index in [1.807, 2.05) is 20.8 Å². The second kappa shape index (κ2) is 5.17. The van der Waals surface area contributed by atoms with Gasteiger partial charge in [-0.05, 0) is 39.5 Å². The van der Waals surface area contributed by atoms with Gasteiger partial charge >= 0.3 is 5.97 Å². The summed E-state index contributed by atoms with van der Waals surface area (Å²) in [5, 5.41) is 3.40. The van der Waals surface area contributed by atoms with E-state index >= 15 is 0 Å². The van der Waals surface area contributed by atoms with E-state index in [4.69, 9.17) is 4.74 Å². The molecule has 0 amide bonds. The summed E-state index contributed by atoms with van der Waals surface area (Å²) in [6.07, 6.45) is 3.65. The van der Waals surface area contributed by atoms with Crippen LogP contribution in [0.1, 0.15) is 53.9 Å². The molecule has 0 aromatic rings. The highest BCUT2D eigenvalue weighted by atomic mass is 16.6. The predicted octanol–water partition coefficient (Wildman–Crippen LogP) is 2.49. The molecule has 0 radical (unpaired) electrons. The molecule has 1 saturated carbocycles. The molecule has 1 N–H and O–H groups in total. The lowest BCUT2D eigenvalue weighted by Gasteiger charge is -2.33. The summed E-state index contributed by atoms with van der Waals surface area (Å²) >= 11 is 0. The van der Waals surface area contributed by atoms with Crippen molar-refractivity contribution >= 4 is 5.97 Å². The van der Waals surface area contributed by atoms with Gasteiger partial charge < -0.3 is 10.1 Å². The number of nitrogens with one attached hydrogen (secondary N) is 1. The van der Waals surface area contributed by atoms with Gasteiger partial charge in [-0.3, -0.25) is 4.79 Å². The molecule has 0 unspecified atom stereocenters. The Morgan fingerprint density at radius 2 is 1.88 bits per heavy atom. The van der Waals surface area contributed by atoms with E-state index in [2.05, 4.69) is 19.2 Å². The zero-order valence-corrected chi connectivity index (χ0v) is 11.2. The lowest BCUT2D eigenvalue weighted by atomic mass is 9.91. The second-order valence-electron chi connectivity index (χ2n) is 6.05. The Morgan fingerprint density at radius 1 is 1.31 bits per heavy atom. The van der Waals surface area contributed by atoms with Crippen LogP contribution in [-0.4, -0.2) is 23.7 Å². The van der Waals surface area contributed by atoms with Crippen LogP contribution in [0.4, 0.5) is 0 Å². The zero-order chi connectivity index (χ0) is 12.3. The molecule has 1 aliphatic carbocycles. The van der Waals surface area contributed by atoms with Gasteiger partial charge in [0.15, 0.2) is 0 Å². The lowest BCUT2D eigenvalue weighted by Crippen LogP contribution is -2.50. The molecule has 1 fully saturated rings. The summed E-state index contributed by atoms with van der Waals surface area (Å²) in [6, 6.07) is 0.351. The van der Waals surface area contributed by atoms with Crippen LogP contribution in [0, 0.1) is 5.92 Å². The van der Waals surface area contributed by atoms with Crippen molar-refractivity contribution in [3.63, 3.8) is 0 Å². The zero-order valence-electron chi connectivity index (χ0n) is 11.2. The first-order valence-corrected chi connectivity index (χ1v) is 6.28. The van der Waals surface area contributed by atoms with Crippen molar-refractivity contribution in [3.05, 3.63) is 0 Å². The van der Waals surface area contributed by atoms with Crippen LogP contribution < -0.4 is 5.32 Å². The summed E-state index contributed by atoms with van der Waals surface area (Å²) in [5.41, 5.74) is -0.397. The molecular formula is C13H25NO2. The number of carbonyl (C=O) groups excluding carboxylic acids is 1. The number of hydrogen-bond acceptors (Lipinski definition) is 3. The Kier molecular flexibility index (Phi) is 4.36. The van der Waals surface area contributed by atoms with E-state index in [0.29, 0.717) is 6.04 Å². The molecule has 0 heterocycles. The molecule has 16 heavy (non-hydrogen) atoms. The highest BCUT2D eigenvalue weighted by molar-refractivity contribution is 5.76. The Balaban J connectivity index is 2.51. The highest BCUT2D eigenvalue weighted by Gasteiger charge is 2.31. The van der Waals surface area contributed by atoms with Gasteiger partial charge in [-0.15, -0.1) is 0 Å². The molecule has 0 saturated heterocycles. The summed E-state index contributed by atoms with van der Waals surface area (Å²) < 4.78 is 5.43. The Bertz CT molecular complexity index is 239. The van der Waals surface area contributed by atoms with Gasteiger partial charge in [0.05, 0.1) is 0 Å². The van der Waals surface area contributed by atoms with E-state index < -0.39 is 5.60 Å². The molecular weight excluding hydrogens is 202 g/mol. The monoisotopic (exact) mass is 227 g/mol. The second-order valence-corrected chi connectivity index (χ2v) is 6.05. The minimum atomic E-state index is -0.397. The molecule has 0 aromatic heterocycles. The molecule has 1 aliphatic rings. The van der Waals surface area contributed by atoms with Gasteiger partial charge in [-0.2, -0.15) is 0 Å². The molecule has 0 aromatic carbocycles. The first kappa shape index (κ1) is 13.5. The minimum Gasteiger partial charge on any atom is -0.459 e. The van der Waals surface area contributed by atoms with Crippen LogP contribution >= 0.6 is 0 Å². The van der Waals surface area contributed by atoms with Crippen molar-refractivity contribution in [3.8, 4) is 0 Å². The summed E-state index contributed by atoms with van der Waals surface area (Å²) in [5.74, 6) is 0.157. The van der Waals surface area contributed by atoms with Gasteiger partial charge in [-0.25, -0.2) is 0 Å². The van der Waals surface area contributed by atoms with E-state index in [-0.39, 0.29) is 17.9 Å². The maximum Gasteiger partial charge on any atom is 0.323 e. The quantitative estimate of drug-likeness (QED) is 0.750. The van der Waals surface area contributed by atoms with Crippen LogP contribution in [0.3, 0.4) is 0 Å². The van der Waals surface area contributed by atoms with Gasteiger partial charge in [0.1, 0.15) is 11.6 Å². The van der Waals surface area contributed by atoms with Crippen molar-refractivity contribution < 1.29 is 9.53 Å². The van der Waals surface area contributed by atoms with Crippen molar-refractivity contribution in [2.45, 2.75) is 71.6 Å². The fourth-order valence-electron chi connectivity index (χ4n) is 1.73. The number of ether oxygens (including phenoxy) is 1. The van der Waals surface area contributed by atoms with Crippen LogP contribution in [0.5, 0.6) is 0 Å². The first-order chi connectivity index (χ1) is 7.29. The fourth-order valence-corrected chi connectivity index (χ4v) is 1.73. The molecule has 1 atom stereocenters. The number of hydrogen-bond donors (Lipinski definition) is 1. The van der Waals surface area contributed by atoms with E-state index in [1.54, 1.807) is 0 Å². The first-order valence-electron chi connectivity index (χ1n) is 6.28. The van der Waals surface area contributed by atoms with Gasteiger partial charge in [0, 0.05) is 6.04 Å². The summed E-state index contributed by atoms with van der Waals surface area (Å²) in [7, 11) is 0. The average molecular weight is 227 g/mol. The maximum absolute atomic E-state index is 12.0. The van der Waals surface area contributed by atoms with E-state index in [9.17, 15) is 4.79 Å². The fraction of sp³-hybridized carbons (Fsp3) is 0.923. The SMILES string of the molecule is CC(C)[C@@H](NC1CCC1)C(=O)OC(C)(C)C. The predicted molar refractivity (Wildman–Crippen MR) is 65.2 cm³/mol. The molecule has 0 spiro atoms. The van der Waals surface area contributed by atoms with Crippen LogP contribution in [0.15, 0.2) is 0 Å². The number of esters is 1. The molecule has 0 aliphatic heterocycles. The van der Waals surface area contributed by atoms with Crippen molar-refractivity contribution in [1.82, 2.24) is 5.32 Å². The van der Waals surface area contributed by atoms with E-state index in [0.717, 1.165) is 0 Å². The Morgan fingerprint density at radius 3 is 2.19 bits per heavy atom. The van der Waals surface area contributed by atoms with Gasteiger partial charge in [0.25, 0.3) is 0 Å². The average Bonchev–Trinajstić information content (AvgIpc) is 1.96. The molecule has 3 heteroatoms. The summed E-state index contributed by atoms with van der Waals surface area (Å²) in [6.45, 7) is 9.84. The normalized spacial score (nSPS) is 19.4. The standard InChI is InChI=1S/C13H25NO2/c1-9(2)11(14-10-7-6-8-10)12(15)16-13(3,4)5/h9-11,14H,6-8H2,1-5H3/t11-/m1/s1. The van der Waals surface area contributed by atoms with E-state index in [1.165, 1.54) is 19.3 Å². The number of carbonyl (C=O) groups is 1. The van der Waals surface area contributed by atoms with Crippen LogP contribution in [-0.2, 0) is 9.53 Å². The Labute approximate surface area is 98.9 Å². The third-order valence-corrected chi connectivity index (χ3v) is 2.85. The summed E-state index contributed by atoms with van der Waals surface area (Å²) in [4.78, 5) is 12.0. The topological polar surface area (TPSA) is 38.3 Å². The van der Waals surface area contributed by atoms with Crippen molar-refractivity contribution in [2.75, 3.05) is 0 Å². The highest BCUT2D eigenvalue weighted by Crippen LogP contribution is 2.21. The molecule has 1 rings (SSSR count). The molecule has 3 nitrogen and oxygen atoms in total. The molecule has 94 valence electrons. The Hall–Kier alpha value is -0.570. The van der Waals surface area contributed by atoms with Crippen molar-refractivity contribution in [2.24, 2.45) is 5.92 Å². The van der Waals surface area contributed by atoms with Gasteiger partial charge in [0.2, 0.25) is 0 Å². The van der Waals surface area contributed by atoms with Gasteiger partial charge in [-0.1, -0.05) is 20.3 Å². The smallest absolute Gasteiger partial charge is 0.323 e. The van der Waals surface area contributed by atoms with Crippen LogP contribution in [0.25, 0.3) is 0 Å². The minimum absolute atomic E-state index is 0.116. The lowest BCUT2D eigenvalue weighted by molar-refractivity contribution is -0.159. The van der Waals surface area contributed by atoms with Crippen molar-refractivity contribution in [1.29, 1.82) is 0 Å². The molecule has 0 bridgehead atoms. The van der Waals surface area contributed by atoms with Crippen LogP contribution in [0.2, 0.25) is 0 Å². The third-order valence-electron chi connectivity index (χ3n) is 2.85.